The Bertz CT molecular complexity index is 606. The minimum Gasteiger partial charge on any atom is -0.369 e. The molecule has 0 saturated heterocycles. The molecule has 1 saturated carbocycles. The maximum Gasteiger partial charge on any atom is 0.430 e. The Morgan fingerprint density at radius 3 is 2.00 bits per heavy atom. The van der Waals surface area contributed by atoms with Crippen molar-refractivity contribution in [3.8, 4) is 0 Å². The zero-order chi connectivity index (χ0) is 19.6. The number of carbonyl (C=O) groups is 1. The van der Waals surface area contributed by atoms with Crippen LogP contribution in [-0.2, 0) is 5.60 Å². The molecule has 26 heavy (non-hydrogen) atoms. The zero-order valence-electron chi connectivity index (χ0n) is 13.8. The first-order valence-electron chi connectivity index (χ1n) is 8.21. The largest absolute Gasteiger partial charge is 0.430 e. The number of benzene rings is 1. The number of amides is 1. The molecule has 0 spiro atoms. The second kappa shape index (κ2) is 7.46. The highest BCUT2D eigenvalue weighted by Crippen LogP contribution is 2.49. The molecule has 1 aromatic carbocycles. The molecule has 0 bridgehead atoms. The smallest absolute Gasteiger partial charge is 0.369 e. The van der Waals surface area contributed by atoms with E-state index in [0.29, 0.717) is 18.7 Å². The maximum absolute atomic E-state index is 12.8. The highest BCUT2D eigenvalue weighted by atomic mass is 19.4. The molecule has 0 heterocycles. The van der Waals surface area contributed by atoms with Crippen molar-refractivity contribution in [3.63, 3.8) is 0 Å². The first kappa shape index (κ1) is 20.5. The minimum absolute atomic E-state index is 0.0809. The van der Waals surface area contributed by atoms with Gasteiger partial charge in [-0.1, -0.05) is 37.8 Å². The van der Waals surface area contributed by atoms with Gasteiger partial charge in [0.15, 0.2) is 0 Å². The van der Waals surface area contributed by atoms with Crippen molar-refractivity contribution >= 4 is 5.91 Å². The fourth-order valence-electron chi connectivity index (χ4n) is 2.62. The third-order valence-electron chi connectivity index (χ3n) is 4.41. The van der Waals surface area contributed by atoms with E-state index in [2.05, 4.69) is 5.32 Å². The number of carbonyl (C=O) groups excluding carboxylic acids is 1. The molecule has 9 heteroatoms. The van der Waals surface area contributed by atoms with Crippen LogP contribution >= 0.6 is 0 Å². The van der Waals surface area contributed by atoms with Crippen LogP contribution in [0, 0.1) is 5.92 Å². The Hall–Kier alpha value is -1.77. The molecule has 2 N–H and O–H groups in total. The Morgan fingerprint density at radius 1 is 1.00 bits per heavy atom. The van der Waals surface area contributed by atoms with E-state index >= 15 is 0 Å². The lowest BCUT2D eigenvalue weighted by Gasteiger charge is -2.32. The zero-order valence-corrected chi connectivity index (χ0v) is 13.8. The molecule has 1 fully saturated rings. The Balaban J connectivity index is 2.00. The standard InChI is InChI=1S/C17H19F6NO2/c18-16(19,20)15(26,17(21,22)23)13-8-6-12(7-9-13)14(25)24-10-2-1-3-11-4-5-11/h6-9,11,26H,1-5,10H2,(H,24,25). The Kier molecular flexibility index (Phi) is 5.89. The molecule has 0 unspecified atom stereocenters. The van der Waals surface area contributed by atoms with E-state index in [-0.39, 0.29) is 5.56 Å². The lowest BCUT2D eigenvalue weighted by molar-refractivity contribution is -0.376. The van der Waals surface area contributed by atoms with Crippen LogP contribution < -0.4 is 5.32 Å². The number of hydrogen-bond acceptors (Lipinski definition) is 2. The first-order valence-corrected chi connectivity index (χ1v) is 8.21. The third kappa shape index (κ3) is 4.49. The molecule has 146 valence electrons. The van der Waals surface area contributed by atoms with E-state index in [0.717, 1.165) is 37.3 Å². The van der Waals surface area contributed by atoms with E-state index in [1.54, 1.807) is 0 Å². The van der Waals surface area contributed by atoms with Crippen LogP contribution in [0.25, 0.3) is 0 Å². The van der Waals surface area contributed by atoms with Gasteiger partial charge in [0.05, 0.1) is 0 Å². The SMILES string of the molecule is O=C(NCCCCC1CC1)c1ccc(C(O)(C(F)(F)F)C(F)(F)F)cc1. The summed E-state index contributed by atoms with van der Waals surface area (Å²) in [5.74, 6) is 0.185. The second-order valence-electron chi connectivity index (χ2n) is 6.48. The van der Waals surface area contributed by atoms with Crippen molar-refractivity contribution in [2.45, 2.75) is 50.1 Å². The van der Waals surface area contributed by atoms with E-state index < -0.39 is 29.4 Å². The lowest BCUT2D eigenvalue weighted by Crippen LogP contribution is -2.53. The molecule has 3 nitrogen and oxygen atoms in total. The predicted molar refractivity (Wildman–Crippen MR) is 81.4 cm³/mol. The van der Waals surface area contributed by atoms with Crippen LogP contribution in [0.15, 0.2) is 24.3 Å². The Labute approximate surface area is 146 Å². The molecule has 2 rings (SSSR count). The van der Waals surface area contributed by atoms with Gasteiger partial charge in [-0.05, 0) is 24.5 Å². The van der Waals surface area contributed by atoms with Crippen molar-refractivity contribution in [1.29, 1.82) is 0 Å². The second-order valence-corrected chi connectivity index (χ2v) is 6.48. The van der Waals surface area contributed by atoms with Gasteiger partial charge in [-0.15, -0.1) is 0 Å². The van der Waals surface area contributed by atoms with Crippen LogP contribution in [0.1, 0.15) is 48.0 Å². The van der Waals surface area contributed by atoms with Gasteiger partial charge in [-0.3, -0.25) is 4.79 Å². The average Bonchev–Trinajstić information content (AvgIpc) is 3.36. The molecule has 1 aromatic rings. The van der Waals surface area contributed by atoms with Crippen LogP contribution in [-0.4, -0.2) is 29.9 Å². The van der Waals surface area contributed by atoms with Crippen LogP contribution in [0.2, 0.25) is 0 Å². The highest BCUT2D eigenvalue weighted by Gasteiger charge is 2.71. The molecular weight excluding hydrogens is 364 g/mol. The van der Waals surface area contributed by atoms with Crippen molar-refractivity contribution in [3.05, 3.63) is 35.4 Å². The van der Waals surface area contributed by atoms with Crippen molar-refractivity contribution in [1.82, 2.24) is 5.32 Å². The minimum atomic E-state index is -5.95. The van der Waals surface area contributed by atoms with E-state index in [1.807, 2.05) is 0 Å². The number of aliphatic hydroxyl groups is 1. The number of halogens is 6. The van der Waals surface area contributed by atoms with Crippen LogP contribution in [0.3, 0.4) is 0 Å². The van der Waals surface area contributed by atoms with Crippen molar-refractivity contribution < 1.29 is 36.2 Å². The fourth-order valence-corrected chi connectivity index (χ4v) is 2.62. The monoisotopic (exact) mass is 383 g/mol. The average molecular weight is 383 g/mol. The molecule has 0 radical (unpaired) electrons. The summed E-state index contributed by atoms with van der Waals surface area (Å²) in [6.45, 7) is 0.377. The number of unbranched alkanes of at least 4 members (excludes halogenated alkanes) is 1. The molecule has 1 aliphatic carbocycles. The van der Waals surface area contributed by atoms with Crippen LogP contribution in [0.4, 0.5) is 26.3 Å². The lowest BCUT2D eigenvalue weighted by atomic mass is 9.91. The number of hydrogen-bond donors (Lipinski definition) is 2. The maximum atomic E-state index is 12.8. The van der Waals surface area contributed by atoms with Gasteiger partial charge in [0.2, 0.25) is 0 Å². The molecule has 0 aromatic heterocycles. The summed E-state index contributed by atoms with van der Waals surface area (Å²) < 4.78 is 76.8. The van der Waals surface area contributed by atoms with Gasteiger partial charge in [0, 0.05) is 17.7 Å². The van der Waals surface area contributed by atoms with Gasteiger partial charge >= 0.3 is 12.4 Å². The number of nitrogens with one attached hydrogen (secondary N) is 1. The van der Waals surface area contributed by atoms with E-state index in [9.17, 15) is 36.2 Å². The fraction of sp³-hybridized carbons (Fsp3) is 0.588. The number of rotatable bonds is 7. The summed E-state index contributed by atoms with van der Waals surface area (Å²) in [5.41, 5.74) is -6.46. The molecular formula is C17H19F6NO2. The summed E-state index contributed by atoms with van der Waals surface area (Å²) >= 11 is 0. The van der Waals surface area contributed by atoms with Crippen molar-refractivity contribution in [2.24, 2.45) is 5.92 Å². The van der Waals surface area contributed by atoms with Crippen LogP contribution in [0.5, 0.6) is 0 Å². The highest BCUT2D eigenvalue weighted by molar-refractivity contribution is 5.94. The van der Waals surface area contributed by atoms with Gasteiger partial charge < -0.3 is 10.4 Å². The molecule has 0 atom stereocenters. The van der Waals surface area contributed by atoms with E-state index in [4.69, 9.17) is 0 Å². The molecule has 0 aliphatic heterocycles. The molecule has 1 amide bonds. The number of alkyl halides is 6. The van der Waals surface area contributed by atoms with Gasteiger partial charge in [-0.2, -0.15) is 26.3 Å². The van der Waals surface area contributed by atoms with Gasteiger partial charge in [0.1, 0.15) is 0 Å². The van der Waals surface area contributed by atoms with E-state index in [1.165, 1.54) is 12.8 Å². The first-order chi connectivity index (χ1) is 12.0. The summed E-state index contributed by atoms with van der Waals surface area (Å²) in [7, 11) is 0. The quantitative estimate of drug-likeness (QED) is 0.545. The van der Waals surface area contributed by atoms with Gasteiger partial charge in [0.25, 0.3) is 11.5 Å². The Morgan fingerprint density at radius 2 is 1.54 bits per heavy atom. The predicted octanol–water partition coefficient (Wildman–Crippen LogP) is 4.31. The summed E-state index contributed by atoms with van der Waals surface area (Å²) in [4.78, 5) is 11.9. The van der Waals surface area contributed by atoms with Gasteiger partial charge in [-0.25, -0.2) is 0 Å². The topological polar surface area (TPSA) is 49.3 Å². The normalized spacial score (nSPS) is 15.8. The summed E-state index contributed by atoms with van der Waals surface area (Å²) in [6, 6.07) is 2.58. The summed E-state index contributed by atoms with van der Waals surface area (Å²) in [5, 5.41) is 11.9. The molecule has 1 aliphatic rings. The van der Waals surface area contributed by atoms with Crippen molar-refractivity contribution in [2.75, 3.05) is 6.54 Å². The third-order valence-corrected chi connectivity index (χ3v) is 4.41. The summed E-state index contributed by atoms with van der Waals surface area (Å²) in [6.07, 6.45) is -6.62.